The molecule has 0 aliphatic heterocycles. The minimum Gasteiger partial charge on any atom is -0.444 e. The topological polar surface area (TPSA) is 75.4 Å². The van der Waals surface area contributed by atoms with Gasteiger partial charge in [0, 0.05) is 12.1 Å². The van der Waals surface area contributed by atoms with Gasteiger partial charge in [0.15, 0.2) is 5.69 Å². The summed E-state index contributed by atoms with van der Waals surface area (Å²) in [5, 5.41) is 11.9. The normalized spacial score (nSPS) is 10.5. The van der Waals surface area contributed by atoms with E-state index in [9.17, 15) is 4.79 Å². The highest BCUT2D eigenvalue weighted by Crippen LogP contribution is 2.28. The van der Waals surface area contributed by atoms with Crippen LogP contribution in [0.25, 0.3) is 11.5 Å². The standard InChI is InChI=1S/C12H10Cl2N2O3/c13-8-2-1-7(5-9(8)14)12-16-10(6-19-12)11(18)15-3-4-17/h1-2,5-6,17H,3-4H2,(H,15,18). The second-order valence-corrected chi connectivity index (χ2v) is 4.46. The summed E-state index contributed by atoms with van der Waals surface area (Å²) >= 11 is 11.7. The van der Waals surface area contributed by atoms with Crippen LogP contribution in [0.1, 0.15) is 10.5 Å². The van der Waals surface area contributed by atoms with E-state index in [1.807, 2.05) is 0 Å². The average molecular weight is 301 g/mol. The van der Waals surface area contributed by atoms with Crippen LogP contribution in [0.15, 0.2) is 28.9 Å². The highest BCUT2D eigenvalue weighted by molar-refractivity contribution is 6.42. The highest BCUT2D eigenvalue weighted by atomic mass is 35.5. The van der Waals surface area contributed by atoms with E-state index < -0.39 is 5.91 Å². The van der Waals surface area contributed by atoms with E-state index >= 15 is 0 Å². The summed E-state index contributed by atoms with van der Waals surface area (Å²) in [7, 11) is 0. The minimum atomic E-state index is -0.413. The molecule has 1 aromatic carbocycles. The molecule has 0 saturated heterocycles. The van der Waals surface area contributed by atoms with Gasteiger partial charge in [0.25, 0.3) is 5.91 Å². The summed E-state index contributed by atoms with van der Waals surface area (Å²) in [6.07, 6.45) is 1.24. The summed E-state index contributed by atoms with van der Waals surface area (Å²) in [6, 6.07) is 4.91. The number of carbonyl (C=O) groups excluding carboxylic acids is 1. The van der Waals surface area contributed by atoms with E-state index in [1.54, 1.807) is 18.2 Å². The SMILES string of the molecule is O=C(NCCO)c1coc(-c2ccc(Cl)c(Cl)c2)n1. The Hall–Kier alpha value is -1.56. The summed E-state index contributed by atoms with van der Waals surface area (Å²) in [5.74, 6) is -0.142. The van der Waals surface area contributed by atoms with Crippen LogP contribution in [-0.2, 0) is 0 Å². The number of nitrogens with one attached hydrogen (secondary N) is 1. The first-order valence-electron chi connectivity index (χ1n) is 5.42. The molecule has 0 radical (unpaired) electrons. The number of carbonyl (C=O) groups is 1. The minimum absolute atomic E-state index is 0.134. The lowest BCUT2D eigenvalue weighted by Crippen LogP contribution is -2.26. The fourth-order valence-electron chi connectivity index (χ4n) is 1.40. The number of nitrogens with zero attached hydrogens (tertiary/aromatic N) is 1. The number of aromatic nitrogens is 1. The van der Waals surface area contributed by atoms with E-state index in [-0.39, 0.29) is 24.7 Å². The Labute approximate surface area is 119 Å². The first-order chi connectivity index (χ1) is 9.11. The predicted octanol–water partition coefficient (Wildman–Crippen LogP) is 2.37. The molecule has 19 heavy (non-hydrogen) atoms. The maximum absolute atomic E-state index is 11.6. The third-order valence-electron chi connectivity index (χ3n) is 2.30. The lowest BCUT2D eigenvalue weighted by molar-refractivity contribution is 0.0940. The first kappa shape index (κ1) is 13.9. The third kappa shape index (κ3) is 3.26. The molecule has 0 fully saturated rings. The monoisotopic (exact) mass is 300 g/mol. The molecular weight excluding hydrogens is 291 g/mol. The van der Waals surface area contributed by atoms with Gasteiger partial charge in [0.05, 0.1) is 16.7 Å². The number of hydrogen-bond acceptors (Lipinski definition) is 4. The summed E-state index contributed by atoms with van der Waals surface area (Å²) in [6.45, 7) is 0.0248. The molecule has 0 unspecified atom stereocenters. The van der Waals surface area contributed by atoms with E-state index in [1.165, 1.54) is 6.26 Å². The van der Waals surface area contributed by atoms with Crippen LogP contribution < -0.4 is 5.32 Å². The molecule has 0 atom stereocenters. The quantitative estimate of drug-likeness (QED) is 0.909. The zero-order chi connectivity index (χ0) is 13.8. The molecule has 0 spiro atoms. The molecule has 0 aliphatic rings. The van der Waals surface area contributed by atoms with E-state index in [2.05, 4.69) is 10.3 Å². The second kappa shape index (κ2) is 6.06. The lowest BCUT2D eigenvalue weighted by Gasteiger charge is -1.99. The Morgan fingerprint density at radius 3 is 2.84 bits per heavy atom. The van der Waals surface area contributed by atoms with Crippen molar-refractivity contribution >= 4 is 29.1 Å². The Morgan fingerprint density at radius 1 is 1.37 bits per heavy atom. The number of aliphatic hydroxyl groups is 1. The average Bonchev–Trinajstić information content (AvgIpc) is 2.89. The van der Waals surface area contributed by atoms with Crippen LogP contribution in [0.4, 0.5) is 0 Å². The van der Waals surface area contributed by atoms with Gasteiger partial charge >= 0.3 is 0 Å². The Balaban J connectivity index is 2.20. The summed E-state index contributed by atoms with van der Waals surface area (Å²) in [4.78, 5) is 15.6. The largest absolute Gasteiger partial charge is 0.444 e. The molecular formula is C12H10Cl2N2O3. The number of amides is 1. The van der Waals surface area contributed by atoms with E-state index in [4.69, 9.17) is 32.7 Å². The number of oxazole rings is 1. The number of hydrogen-bond donors (Lipinski definition) is 2. The van der Waals surface area contributed by atoms with E-state index in [0.29, 0.717) is 15.6 Å². The number of benzene rings is 1. The van der Waals surface area contributed by atoms with Crippen LogP contribution in [0.3, 0.4) is 0 Å². The van der Waals surface area contributed by atoms with Gasteiger partial charge in [-0.25, -0.2) is 4.98 Å². The fraction of sp³-hybridized carbons (Fsp3) is 0.167. The Kier molecular flexibility index (Phi) is 4.42. The fourth-order valence-corrected chi connectivity index (χ4v) is 1.70. The van der Waals surface area contributed by atoms with Crippen molar-refractivity contribution in [3.8, 4) is 11.5 Å². The number of rotatable bonds is 4. The highest BCUT2D eigenvalue weighted by Gasteiger charge is 2.13. The van der Waals surface area contributed by atoms with Crippen LogP contribution >= 0.6 is 23.2 Å². The van der Waals surface area contributed by atoms with Crippen molar-refractivity contribution < 1.29 is 14.3 Å². The Bertz CT molecular complexity index is 598. The van der Waals surface area contributed by atoms with Crippen LogP contribution in [0.2, 0.25) is 10.0 Å². The summed E-state index contributed by atoms with van der Waals surface area (Å²) in [5.41, 5.74) is 0.755. The first-order valence-corrected chi connectivity index (χ1v) is 6.17. The van der Waals surface area contributed by atoms with Crippen molar-refractivity contribution in [2.75, 3.05) is 13.2 Å². The van der Waals surface area contributed by atoms with Crippen LogP contribution in [-0.4, -0.2) is 29.1 Å². The molecule has 100 valence electrons. The Morgan fingerprint density at radius 2 is 2.16 bits per heavy atom. The zero-order valence-corrected chi connectivity index (χ0v) is 11.2. The lowest BCUT2D eigenvalue weighted by atomic mass is 10.2. The van der Waals surface area contributed by atoms with Crippen molar-refractivity contribution in [2.24, 2.45) is 0 Å². The molecule has 7 heteroatoms. The molecule has 1 amide bonds. The molecule has 5 nitrogen and oxygen atoms in total. The van der Waals surface area contributed by atoms with Crippen molar-refractivity contribution in [1.29, 1.82) is 0 Å². The van der Waals surface area contributed by atoms with Gasteiger partial charge in [-0.05, 0) is 18.2 Å². The van der Waals surface area contributed by atoms with Crippen LogP contribution in [0, 0.1) is 0 Å². The molecule has 1 aromatic heterocycles. The van der Waals surface area contributed by atoms with Gasteiger partial charge in [-0.1, -0.05) is 23.2 Å². The maximum atomic E-state index is 11.6. The molecule has 2 rings (SSSR count). The molecule has 0 saturated carbocycles. The van der Waals surface area contributed by atoms with Gasteiger partial charge in [-0.3, -0.25) is 4.79 Å². The van der Waals surface area contributed by atoms with Gasteiger partial charge < -0.3 is 14.8 Å². The van der Waals surface area contributed by atoms with Gasteiger partial charge in [0.2, 0.25) is 5.89 Å². The molecule has 0 aliphatic carbocycles. The van der Waals surface area contributed by atoms with Crippen molar-refractivity contribution in [3.05, 3.63) is 40.2 Å². The summed E-state index contributed by atoms with van der Waals surface area (Å²) < 4.78 is 5.21. The van der Waals surface area contributed by atoms with Gasteiger partial charge in [0.1, 0.15) is 6.26 Å². The van der Waals surface area contributed by atoms with Crippen LogP contribution in [0.5, 0.6) is 0 Å². The predicted molar refractivity (Wildman–Crippen MR) is 71.4 cm³/mol. The van der Waals surface area contributed by atoms with Gasteiger partial charge in [-0.15, -0.1) is 0 Å². The third-order valence-corrected chi connectivity index (χ3v) is 3.04. The van der Waals surface area contributed by atoms with Gasteiger partial charge in [-0.2, -0.15) is 0 Å². The second-order valence-electron chi connectivity index (χ2n) is 3.65. The number of halogens is 2. The molecule has 2 N–H and O–H groups in total. The molecule has 0 bridgehead atoms. The zero-order valence-electron chi connectivity index (χ0n) is 9.69. The van der Waals surface area contributed by atoms with Crippen molar-refractivity contribution in [1.82, 2.24) is 10.3 Å². The number of aliphatic hydroxyl groups excluding tert-OH is 1. The molecule has 2 aromatic rings. The van der Waals surface area contributed by atoms with Crippen molar-refractivity contribution in [2.45, 2.75) is 0 Å². The van der Waals surface area contributed by atoms with E-state index in [0.717, 1.165) is 0 Å². The molecule has 1 heterocycles. The smallest absolute Gasteiger partial charge is 0.273 e. The maximum Gasteiger partial charge on any atom is 0.273 e. The van der Waals surface area contributed by atoms with Crippen molar-refractivity contribution in [3.63, 3.8) is 0 Å².